The second-order valence-electron chi connectivity index (χ2n) is 11.9. The highest BCUT2D eigenvalue weighted by atomic mass is 16.3. The van der Waals surface area contributed by atoms with Gasteiger partial charge in [0.05, 0.1) is 17.5 Å². The highest BCUT2D eigenvalue weighted by Gasteiger charge is 2.27. The summed E-state index contributed by atoms with van der Waals surface area (Å²) in [6, 6.07) is 4.43. The van der Waals surface area contributed by atoms with Crippen LogP contribution in [0.2, 0.25) is 0 Å². The Balaban J connectivity index is 1.74. The molecule has 0 aliphatic heterocycles. The van der Waals surface area contributed by atoms with E-state index in [4.69, 9.17) is 14.4 Å². The number of pyridine rings is 1. The summed E-state index contributed by atoms with van der Waals surface area (Å²) in [4.78, 5) is 14.3. The molecule has 0 spiro atoms. The van der Waals surface area contributed by atoms with Crippen LogP contribution in [0.4, 0.5) is 11.8 Å². The smallest absolute Gasteiger partial charge is 0.224 e. The average molecular weight is 466 g/mol. The first-order valence-corrected chi connectivity index (χ1v) is 12.3. The molecule has 3 aromatic rings. The first-order chi connectivity index (χ1) is 15.9. The van der Waals surface area contributed by atoms with Crippen LogP contribution in [-0.4, -0.2) is 39.3 Å². The number of anilines is 2. The Morgan fingerprint density at radius 1 is 1.09 bits per heavy atom. The number of hydrogen-bond donors (Lipinski definition) is 3. The maximum Gasteiger partial charge on any atom is 0.224 e. The molecule has 184 valence electrons. The Kier molecular flexibility index (Phi) is 6.60. The summed E-state index contributed by atoms with van der Waals surface area (Å²) in [5.74, 6) is 2.47. The van der Waals surface area contributed by atoms with Crippen LogP contribution in [0.5, 0.6) is 0 Å². The fourth-order valence-electron chi connectivity index (χ4n) is 4.44. The molecular weight excluding hydrogens is 426 g/mol. The number of hydrogen-bond acceptors (Lipinski definition) is 7. The molecule has 3 aromatic heterocycles. The van der Waals surface area contributed by atoms with Crippen LogP contribution in [0, 0.1) is 18.3 Å². The van der Waals surface area contributed by atoms with Crippen LogP contribution in [0.3, 0.4) is 0 Å². The Labute approximate surface area is 202 Å². The number of furan rings is 1. The van der Waals surface area contributed by atoms with Crippen molar-refractivity contribution in [3.8, 4) is 11.3 Å². The van der Waals surface area contributed by atoms with E-state index in [2.05, 4.69) is 69.3 Å². The summed E-state index contributed by atoms with van der Waals surface area (Å²) in [6.45, 7) is 16.0. The molecule has 1 aliphatic rings. The lowest BCUT2D eigenvalue weighted by Crippen LogP contribution is -2.22. The first kappa shape index (κ1) is 24.5. The van der Waals surface area contributed by atoms with E-state index in [1.165, 1.54) is 0 Å². The predicted molar refractivity (Wildman–Crippen MR) is 138 cm³/mol. The third kappa shape index (κ3) is 5.52. The van der Waals surface area contributed by atoms with Crippen molar-refractivity contribution in [3.05, 3.63) is 29.7 Å². The number of aliphatic hydroxyl groups is 1. The summed E-state index contributed by atoms with van der Waals surface area (Å²) in [5.41, 5.74) is 3.59. The molecule has 0 amide bonds. The zero-order valence-corrected chi connectivity index (χ0v) is 21.6. The van der Waals surface area contributed by atoms with E-state index in [-0.39, 0.29) is 23.5 Å². The minimum absolute atomic E-state index is 0.0382. The van der Waals surface area contributed by atoms with Crippen LogP contribution >= 0.6 is 0 Å². The number of fused-ring (bicyclic) bond motifs is 1. The predicted octanol–water partition coefficient (Wildman–Crippen LogP) is 5.92. The summed E-state index contributed by atoms with van der Waals surface area (Å²) < 4.78 is 6.26. The first-order valence-electron chi connectivity index (χ1n) is 12.3. The molecule has 0 saturated heterocycles. The third-order valence-corrected chi connectivity index (χ3v) is 6.43. The van der Waals surface area contributed by atoms with Crippen LogP contribution in [0.1, 0.15) is 72.2 Å². The Morgan fingerprint density at radius 3 is 2.50 bits per heavy atom. The van der Waals surface area contributed by atoms with Gasteiger partial charge >= 0.3 is 0 Å². The van der Waals surface area contributed by atoms with Crippen LogP contribution < -0.4 is 10.6 Å². The third-order valence-electron chi connectivity index (χ3n) is 6.43. The van der Waals surface area contributed by atoms with Crippen molar-refractivity contribution in [3.63, 3.8) is 0 Å². The van der Waals surface area contributed by atoms with Crippen molar-refractivity contribution in [1.82, 2.24) is 15.0 Å². The van der Waals surface area contributed by atoms with Gasteiger partial charge in [-0.05, 0) is 49.7 Å². The molecule has 4 rings (SSSR count). The van der Waals surface area contributed by atoms with E-state index < -0.39 is 0 Å². The molecule has 0 radical (unpaired) electrons. The molecule has 0 aromatic carbocycles. The summed E-state index contributed by atoms with van der Waals surface area (Å²) in [5, 5.41) is 17.7. The van der Waals surface area contributed by atoms with Crippen molar-refractivity contribution in [2.45, 2.75) is 79.2 Å². The van der Waals surface area contributed by atoms with Gasteiger partial charge in [-0.1, -0.05) is 41.5 Å². The van der Waals surface area contributed by atoms with Crippen molar-refractivity contribution in [2.75, 3.05) is 23.8 Å². The van der Waals surface area contributed by atoms with Gasteiger partial charge in [0.25, 0.3) is 0 Å². The van der Waals surface area contributed by atoms with E-state index in [0.29, 0.717) is 11.9 Å². The second kappa shape index (κ2) is 9.17. The van der Waals surface area contributed by atoms with Gasteiger partial charge in [-0.2, -0.15) is 4.98 Å². The van der Waals surface area contributed by atoms with Gasteiger partial charge in [-0.3, -0.25) is 4.98 Å². The lowest BCUT2D eigenvalue weighted by Gasteiger charge is -2.21. The molecule has 1 aliphatic carbocycles. The lowest BCUT2D eigenvalue weighted by molar-refractivity contribution is 0.229. The molecule has 0 bridgehead atoms. The van der Waals surface area contributed by atoms with E-state index in [9.17, 15) is 5.11 Å². The van der Waals surface area contributed by atoms with Crippen molar-refractivity contribution in [2.24, 2.45) is 11.3 Å². The molecule has 3 heterocycles. The van der Waals surface area contributed by atoms with E-state index in [1.54, 1.807) is 0 Å². The van der Waals surface area contributed by atoms with Crippen LogP contribution in [0.25, 0.3) is 22.3 Å². The minimum Gasteiger partial charge on any atom is -0.454 e. The molecule has 34 heavy (non-hydrogen) atoms. The molecule has 1 fully saturated rings. The molecule has 7 heteroatoms. The Hall–Kier alpha value is -2.67. The number of aliphatic hydroxyl groups excluding tert-OH is 1. The average Bonchev–Trinajstić information content (AvgIpc) is 3.36. The fraction of sp³-hybridized carbons (Fsp3) is 0.593. The summed E-state index contributed by atoms with van der Waals surface area (Å²) in [7, 11) is 0. The minimum atomic E-state index is -0.0382. The SMILES string of the molecule is Cc1nc(NCC(C)(C)C)nc(N[C@H]2CC[C@@H](CO)C2)c1-c1cc2cc(C(C)(C)C)ncc2o1. The summed E-state index contributed by atoms with van der Waals surface area (Å²) in [6.07, 6.45) is 4.78. The molecule has 1 saturated carbocycles. The highest BCUT2D eigenvalue weighted by molar-refractivity contribution is 5.86. The maximum atomic E-state index is 9.59. The lowest BCUT2D eigenvalue weighted by atomic mass is 9.91. The number of nitrogens with one attached hydrogen (secondary N) is 2. The largest absolute Gasteiger partial charge is 0.454 e. The van der Waals surface area contributed by atoms with Gasteiger partial charge in [0.15, 0.2) is 5.58 Å². The monoisotopic (exact) mass is 465 g/mol. The number of aryl methyl sites for hydroxylation is 1. The standard InChI is InChI=1S/C27H39N5O2/c1-16-23(20-11-18-12-22(27(5,6)7)28-13-21(18)34-20)24(31-19-9-8-17(10-19)14-33)32-25(30-16)29-15-26(2,3)4/h11-13,17,19,33H,8-10,14-15H2,1-7H3,(H2,29,30,31,32)/t17-,19+/m1/s1. The van der Waals surface area contributed by atoms with Crippen molar-refractivity contribution < 1.29 is 9.52 Å². The second-order valence-corrected chi connectivity index (χ2v) is 11.9. The van der Waals surface area contributed by atoms with E-state index in [1.807, 2.05) is 13.1 Å². The van der Waals surface area contributed by atoms with Gasteiger partial charge < -0.3 is 20.2 Å². The zero-order valence-electron chi connectivity index (χ0n) is 21.6. The summed E-state index contributed by atoms with van der Waals surface area (Å²) >= 11 is 0. The van der Waals surface area contributed by atoms with Crippen LogP contribution in [0.15, 0.2) is 22.7 Å². The highest BCUT2D eigenvalue weighted by Crippen LogP contribution is 2.37. The van der Waals surface area contributed by atoms with Crippen molar-refractivity contribution in [1.29, 1.82) is 0 Å². The number of aromatic nitrogens is 3. The zero-order chi connectivity index (χ0) is 24.7. The molecule has 0 unspecified atom stereocenters. The number of nitrogens with zero attached hydrogens (tertiary/aromatic N) is 3. The fourth-order valence-corrected chi connectivity index (χ4v) is 4.44. The van der Waals surface area contributed by atoms with Crippen molar-refractivity contribution >= 4 is 22.7 Å². The van der Waals surface area contributed by atoms with Crippen LogP contribution in [-0.2, 0) is 5.41 Å². The van der Waals surface area contributed by atoms with E-state index in [0.717, 1.165) is 65.3 Å². The van der Waals surface area contributed by atoms with Gasteiger partial charge in [-0.15, -0.1) is 0 Å². The normalized spacial score (nSPS) is 19.1. The molecular formula is C27H39N5O2. The number of rotatable bonds is 6. The van der Waals surface area contributed by atoms with Gasteiger partial charge in [-0.25, -0.2) is 4.98 Å². The molecule has 2 atom stereocenters. The Bertz CT molecular complexity index is 1160. The molecule has 3 N–H and O–H groups in total. The Morgan fingerprint density at radius 2 is 1.85 bits per heavy atom. The topological polar surface area (TPSA) is 96.1 Å². The van der Waals surface area contributed by atoms with E-state index >= 15 is 0 Å². The quantitative estimate of drug-likeness (QED) is 0.416. The maximum absolute atomic E-state index is 9.59. The van der Waals surface area contributed by atoms with Gasteiger partial charge in [0.1, 0.15) is 11.6 Å². The van der Waals surface area contributed by atoms with Gasteiger partial charge in [0, 0.05) is 35.7 Å². The molecule has 7 nitrogen and oxygen atoms in total. The van der Waals surface area contributed by atoms with Gasteiger partial charge in [0.2, 0.25) is 5.95 Å².